The molecule has 0 bridgehead atoms. The summed E-state index contributed by atoms with van der Waals surface area (Å²) in [5.74, 6) is 0. The summed E-state index contributed by atoms with van der Waals surface area (Å²) in [7, 11) is 0. The van der Waals surface area contributed by atoms with Gasteiger partial charge >= 0.3 is 0 Å². The molecule has 1 atom stereocenters. The van der Waals surface area contributed by atoms with E-state index in [4.69, 9.17) is 0 Å². The molecular formula is C8H17Br. The van der Waals surface area contributed by atoms with E-state index in [0.717, 1.165) is 4.83 Å². The first-order chi connectivity index (χ1) is 4.31. The molecule has 0 saturated heterocycles. The van der Waals surface area contributed by atoms with Crippen molar-refractivity contribution in [3.63, 3.8) is 0 Å². The molecule has 0 nitrogen and oxygen atoms in total. The van der Waals surface area contributed by atoms with Crippen molar-refractivity contribution < 1.29 is 0 Å². The molecule has 0 heterocycles. The molecule has 1 unspecified atom stereocenters. The lowest BCUT2D eigenvalue weighted by Gasteiger charge is -2.03. The Labute approximate surface area is 67.2 Å². The zero-order valence-electron chi connectivity index (χ0n) is 6.49. The van der Waals surface area contributed by atoms with E-state index in [1.54, 1.807) is 0 Å². The van der Waals surface area contributed by atoms with Crippen molar-refractivity contribution in [3.8, 4) is 0 Å². The van der Waals surface area contributed by atoms with Gasteiger partial charge in [-0.25, -0.2) is 0 Å². The molecule has 0 aliphatic heterocycles. The third-order valence-electron chi connectivity index (χ3n) is 1.56. The first-order valence-electron chi connectivity index (χ1n) is 3.95. The molecule has 0 amide bonds. The highest BCUT2D eigenvalue weighted by atomic mass is 79.9. The quantitative estimate of drug-likeness (QED) is 0.460. The van der Waals surface area contributed by atoms with Crippen LogP contribution < -0.4 is 0 Å². The maximum Gasteiger partial charge on any atom is 0.0143 e. The van der Waals surface area contributed by atoms with E-state index in [2.05, 4.69) is 29.8 Å². The van der Waals surface area contributed by atoms with Gasteiger partial charge < -0.3 is 0 Å². The highest BCUT2D eigenvalue weighted by Crippen LogP contribution is 2.13. The molecule has 0 spiro atoms. The molecule has 9 heavy (non-hydrogen) atoms. The van der Waals surface area contributed by atoms with Crippen molar-refractivity contribution in [1.29, 1.82) is 0 Å². The van der Waals surface area contributed by atoms with E-state index in [0.29, 0.717) is 0 Å². The molecule has 0 aromatic heterocycles. The fourth-order valence-electron chi connectivity index (χ4n) is 0.820. The van der Waals surface area contributed by atoms with Gasteiger partial charge in [-0.1, -0.05) is 49.0 Å². The monoisotopic (exact) mass is 192 g/mol. The van der Waals surface area contributed by atoms with Gasteiger partial charge in [0.15, 0.2) is 0 Å². The molecule has 0 radical (unpaired) electrons. The highest BCUT2D eigenvalue weighted by molar-refractivity contribution is 9.09. The average molecular weight is 193 g/mol. The van der Waals surface area contributed by atoms with Crippen molar-refractivity contribution in [2.75, 3.05) is 0 Å². The minimum atomic E-state index is 0.768. The fraction of sp³-hybridized carbons (Fsp3) is 1.00. The summed E-state index contributed by atoms with van der Waals surface area (Å²) in [6, 6.07) is 0. The van der Waals surface area contributed by atoms with Crippen LogP contribution in [-0.4, -0.2) is 4.83 Å². The number of alkyl halides is 1. The van der Waals surface area contributed by atoms with Crippen molar-refractivity contribution >= 4 is 15.9 Å². The molecule has 0 rings (SSSR count). The van der Waals surface area contributed by atoms with Crippen molar-refractivity contribution in [2.24, 2.45) is 0 Å². The lowest BCUT2D eigenvalue weighted by molar-refractivity contribution is 0.641. The smallest absolute Gasteiger partial charge is 0.0143 e. The van der Waals surface area contributed by atoms with Gasteiger partial charge in [0.2, 0.25) is 0 Å². The second-order valence-electron chi connectivity index (χ2n) is 2.50. The fourth-order valence-corrected chi connectivity index (χ4v) is 1.14. The van der Waals surface area contributed by atoms with Crippen LogP contribution in [-0.2, 0) is 0 Å². The largest absolute Gasteiger partial charge is 0.0891 e. The normalized spacial score (nSPS) is 13.7. The number of rotatable bonds is 5. The molecule has 0 N–H and O–H groups in total. The molecule has 0 aliphatic rings. The Morgan fingerprint density at radius 3 is 2.33 bits per heavy atom. The minimum Gasteiger partial charge on any atom is -0.0891 e. The van der Waals surface area contributed by atoms with Gasteiger partial charge in [0.25, 0.3) is 0 Å². The minimum absolute atomic E-state index is 0.768. The lowest BCUT2D eigenvalue weighted by atomic mass is 10.1. The standard InChI is InChI=1S/C8H17Br/c1-3-5-6-7-8(9)4-2/h8H,3-7H2,1-2H3. The van der Waals surface area contributed by atoms with Crippen LogP contribution in [0.15, 0.2) is 0 Å². The number of hydrogen-bond donors (Lipinski definition) is 0. The molecule has 1 heteroatoms. The topological polar surface area (TPSA) is 0 Å². The van der Waals surface area contributed by atoms with Crippen LogP contribution >= 0.6 is 15.9 Å². The molecule has 0 aliphatic carbocycles. The predicted octanol–water partition coefficient (Wildman–Crippen LogP) is 3.74. The van der Waals surface area contributed by atoms with Crippen LogP contribution in [0.1, 0.15) is 46.0 Å². The summed E-state index contributed by atoms with van der Waals surface area (Å²) >= 11 is 3.61. The number of hydrogen-bond acceptors (Lipinski definition) is 0. The van der Waals surface area contributed by atoms with Gasteiger partial charge in [0, 0.05) is 4.83 Å². The van der Waals surface area contributed by atoms with Crippen LogP contribution in [0.2, 0.25) is 0 Å². The van der Waals surface area contributed by atoms with Gasteiger partial charge in [0.05, 0.1) is 0 Å². The highest BCUT2D eigenvalue weighted by Gasteiger charge is 1.97. The molecule has 0 aromatic rings. The van der Waals surface area contributed by atoms with Crippen LogP contribution in [0.3, 0.4) is 0 Å². The number of halogens is 1. The molecular weight excluding hydrogens is 176 g/mol. The average Bonchev–Trinajstić information content (AvgIpc) is 1.89. The van der Waals surface area contributed by atoms with Gasteiger partial charge in [-0.3, -0.25) is 0 Å². The molecule has 0 saturated carbocycles. The van der Waals surface area contributed by atoms with Crippen LogP contribution in [0, 0.1) is 0 Å². The maximum atomic E-state index is 3.61. The van der Waals surface area contributed by atoms with Gasteiger partial charge in [-0.05, 0) is 12.8 Å². The zero-order valence-corrected chi connectivity index (χ0v) is 8.08. The Morgan fingerprint density at radius 2 is 1.89 bits per heavy atom. The van der Waals surface area contributed by atoms with Gasteiger partial charge in [-0.2, -0.15) is 0 Å². The summed E-state index contributed by atoms with van der Waals surface area (Å²) in [4.78, 5) is 0.768. The predicted molar refractivity (Wildman–Crippen MR) is 47.1 cm³/mol. The van der Waals surface area contributed by atoms with Crippen molar-refractivity contribution in [1.82, 2.24) is 0 Å². The summed E-state index contributed by atoms with van der Waals surface area (Å²) in [6.07, 6.45) is 6.74. The molecule has 0 aromatic carbocycles. The third kappa shape index (κ3) is 6.36. The Balaban J connectivity index is 2.88. The van der Waals surface area contributed by atoms with Gasteiger partial charge in [0.1, 0.15) is 0 Å². The second kappa shape index (κ2) is 6.60. The Kier molecular flexibility index (Phi) is 6.95. The van der Waals surface area contributed by atoms with E-state index in [9.17, 15) is 0 Å². The van der Waals surface area contributed by atoms with E-state index in [1.807, 2.05) is 0 Å². The maximum absolute atomic E-state index is 3.61. The summed E-state index contributed by atoms with van der Waals surface area (Å²) < 4.78 is 0. The van der Waals surface area contributed by atoms with E-state index in [-0.39, 0.29) is 0 Å². The number of unbranched alkanes of at least 4 members (excludes halogenated alkanes) is 2. The molecule has 56 valence electrons. The summed E-state index contributed by atoms with van der Waals surface area (Å²) in [5.41, 5.74) is 0. The van der Waals surface area contributed by atoms with Crippen LogP contribution in [0.5, 0.6) is 0 Å². The van der Waals surface area contributed by atoms with Crippen LogP contribution in [0.4, 0.5) is 0 Å². The summed E-state index contributed by atoms with van der Waals surface area (Å²) in [6.45, 7) is 4.47. The Morgan fingerprint density at radius 1 is 1.22 bits per heavy atom. The molecule has 0 fully saturated rings. The van der Waals surface area contributed by atoms with E-state index >= 15 is 0 Å². The first kappa shape index (κ1) is 9.48. The van der Waals surface area contributed by atoms with Gasteiger partial charge in [-0.15, -0.1) is 0 Å². The summed E-state index contributed by atoms with van der Waals surface area (Å²) in [5, 5.41) is 0. The van der Waals surface area contributed by atoms with E-state index in [1.165, 1.54) is 32.1 Å². The van der Waals surface area contributed by atoms with Crippen molar-refractivity contribution in [3.05, 3.63) is 0 Å². The lowest BCUT2D eigenvalue weighted by Crippen LogP contribution is -1.93. The van der Waals surface area contributed by atoms with E-state index < -0.39 is 0 Å². The Hall–Kier alpha value is 0.480. The first-order valence-corrected chi connectivity index (χ1v) is 4.86. The second-order valence-corrected chi connectivity index (χ2v) is 3.80. The van der Waals surface area contributed by atoms with Crippen LogP contribution in [0.25, 0.3) is 0 Å². The Bertz CT molecular complexity index is 52.5. The van der Waals surface area contributed by atoms with Crippen molar-refractivity contribution in [2.45, 2.75) is 50.8 Å². The third-order valence-corrected chi connectivity index (χ3v) is 2.67. The SMILES string of the molecule is CCCCCC(Br)CC. The zero-order chi connectivity index (χ0) is 7.11.